The van der Waals surface area contributed by atoms with Gasteiger partial charge < -0.3 is 15.1 Å². The first kappa shape index (κ1) is 12.8. The van der Waals surface area contributed by atoms with Crippen LogP contribution in [-0.2, 0) is 4.79 Å². The number of hydrogen-bond acceptors (Lipinski definition) is 3. The molecule has 0 saturated carbocycles. The third-order valence-corrected chi connectivity index (χ3v) is 4.09. The van der Waals surface area contributed by atoms with Gasteiger partial charge >= 0.3 is 0 Å². The quantitative estimate of drug-likeness (QED) is 0.725. The molecule has 0 radical (unpaired) electrons. The van der Waals surface area contributed by atoms with Crippen LogP contribution in [-0.4, -0.2) is 61.0 Å². The van der Waals surface area contributed by atoms with Gasteiger partial charge in [0.2, 0.25) is 5.91 Å². The Kier molecular flexibility index (Phi) is 4.05. The Morgan fingerprint density at radius 2 is 2.06 bits per heavy atom. The number of carbonyl (C=O) groups is 1. The van der Waals surface area contributed by atoms with E-state index in [1.165, 1.54) is 0 Å². The number of carbonyl (C=O) groups excluding carboxylic acids is 1. The average molecular weight is 239 g/mol. The summed E-state index contributed by atoms with van der Waals surface area (Å²) in [6.07, 6.45) is 2.00. The number of piperidine rings is 1. The van der Waals surface area contributed by atoms with E-state index in [2.05, 4.69) is 36.0 Å². The van der Waals surface area contributed by atoms with Gasteiger partial charge in [0.05, 0.1) is 0 Å². The van der Waals surface area contributed by atoms with Gasteiger partial charge in [0, 0.05) is 37.6 Å². The number of piperazine rings is 1. The number of rotatable bonds is 1. The van der Waals surface area contributed by atoms with Gasteiger partial charge in [-0.1, -0.05) is 0 Å². The molecule has 0 aliphatic carbocycles. The van der Waals surface area contributed by atoms with Crippen molar-refractivity contribution < 1.29 is 4.79 Å². The van der Waals surface area contributed by atoms with Gasteiger partial charge in [0.25, 0.3) is 0 Å². The first-order valence-corrected chi connectivity index (χ1v) is 6.80. The summed E-state index contributed by atoms with van der Waals surface area (Å²) in [6, 6.07) is 0.854. The molecule has 2 aliphatic heterocycles. The molecule has 0 aromatic carbocycles. The number of nitrogens with zero attached hydrogens (tertiary/aromatic N) is 2. The van der Waals surface area contributed by atoms with E-state index in [-0.39, 0.29) is 5.92 Å². The molecule has 2 rings (SSSR count). The van der Waals surface area contributed by atoms with Crippen molar-refractivity contribution in [3.8, 4) is 0 Å². The molecule has 0 aromatic heterocycles. The highest BCUT2D eigenvalue weighted by atomic mass is 16.2. The van der Waals surface area contributed by atoms with Crippen LogP contribution in [0.1, 0.15) is 26.7 Å². The second kappa shape index (κ2) is 5.36. The smallest absolute Gasteiger partial charge is 0.226 e. The summed E-state index contributed by atoms with van der Waals surface area (Å²) in [6.45, 7) is 8.24. The zero-order valence-corrected chi connectivity index (χ0v) is 11.3. The Morgan fingerprint density at radius 1 is 1.29 bits per heavy atom. The third-order valence-electron chi connectivity index (χ3n) is 4.09. The maximum Gasteiger partial charge on any atom is 0.226 e. The van der Waals surface area contributed by atoms with E-state index in [1.54, 1.807) is 0 Å². The summed E-state index contributed by atoms with van der Waals surface area (Å²) in [7, 11) is 2.13. The summed E-state index contributed by atoms with van der Waals surface area (Å²) < 4.78 is 0. The molecule has 1 amide bonds. The molecule has 3 atom stereocenters. The van der Waals surface area contributed by atoms with Crippen LogP contribution in [0.5, 0.6) is 0 Å². The normalized spacial score (nSPS) is 35.9. The molecule has 0 aromatic rings. The molecule has 17 heavy (non-hydrogen) atoms. The molecular weight excluding hydrogens is 214 g/mol. The second-order valence-electron chi connectivity index (χ2n) is 5.72. The van der Waals surface area contributed by atoms with E-state index in [4.69, 9.17) is 0 Å². The van der Waals surface area contributed by atoms with Crippen molar-refractivity contribution in [3.05, 3.63) is 0 Å². The SMILES string of the molecule is CC1CC(C(=O)N2CCN(C)CC2C)CCN1. The van der Waals surface area contributed by atoms with Crippen LogP contribution < -0.4 is 5.32 Å². The van der Waals surface area contributed by atoms with E-state index in [9.17, 15) is 4.79 Å². The van der Waals surface area contributed by atoms with Crippen LogP contribution in [0, 0.1) is 5.92 Å². The van der Waals surface area contributed by atoms with Gasteiger partial charge in [-0.3, -0.25) is 4.79 Å². The van der Waals surface area contributed by atoms with Crippen molar-refractivity contribution in [2.24, 2.45) is 5.92 Å². The van der Waals surface area contributed by atoms with E-state index < -0.39 is 0 Å². The largest absolute Gasteiger partial charge is 0.337 e. The lowest BCUT2D eigenvalue weighted by Gasteiger charge is -2.41. The van der Waals surface area contributed by atoms with Crippen molar-refractivity contribution >= 4 is 5.91 Å². The molecule has 4 nitrogen and oxygen atoms in total. The minimum atomic E-state index is 0.247. The van der Waals surface area contributed by atoms with Crippen LogP contribution in [0.4, 0.5) is 0 Å². The molecule has 98 valence electrons. The fraction of sp³-hybridized carbons (Fsp3) is 0.923. The minimum absolute atomic E-state index is 0.247. The Balaban J connectivity index is 1.94. The molecule has 2 aliphatic rings. The number of likely N-dealkylation sites (N-methyl/N-ethyl adjacent to an activating group) is 1. The van der Waals surface area contributed by atoms with Crippen LogP contribution >= 0.6 is 0 Å². The van der Waals surface area contributed by atoms with E-state index in [0.29, 0.717) is 18.0 Å². The van der Waals surface area contributed by atoms with Crippen LogP contribution in [0.15, 0.2) is 0 Å². The predicted molar refractivity (Wildman–Crippen MR) is 68.9 cm³/mol. The Labute approximate surface area is 104 Å². The Morgan fingerprint density at radius 3 is 2.71 bits per heavy atom. The van der Waals surface area contributed by atoms with Gasteiger partial charge in [-0.05, 0) is 40.3 Å². The summed E-state index contributed by atoms with van der Waals surface area (Å²) in [5.74, 6) is 0.635. The lowest BCUT2D eigenvalue weighted by atomic mass is 9.91. The van der Waals surface area contributed by atoms with Crippen LogP contribution in [0.2, 0.25) is 0 Å². The van der Waals surface area contributed by atoms with Crippen molar-refractivity contribution in [3.63, 3.8) is 0 Å². The van der Waals surface area contributed by atoms with Crippen molar-refractivity contribution in [1.29, 1.82) is 0 Å². The van der Waals surface area contributed by atoms with Crippen molar-refractivity contribution in [2.45, 2.75) is 38.8 Å². The number of nitrogens with one attached hydrogen (secondary N) is 1. The average Bonchev–Trinajstić information content (AvgIpc) is 2.28. The van der Waals surface area contributed by atoms with Crippen LogP contribution in [0.25, 0.3) is 0 Å². The monoisotopic (exact) mass is 239 g/mol. The summed E-state index contributed by atoms with van der Waals surface area (Å²) in [4.78, 5) is 16.9. The molecule has 4 heteroatoms. The molecule has 2 heterocycles. The fourth-order valence-corrected chi connectivity index (χ4v) is 3.06. The predicted octanol–water partition coefficient (Wildman–Crippen LogP) is 0.537. The van der Waals surface area contributed by atoms with Gasteiger partial charge in [-0.15, -0.1) is 0 Å². The highest BCUT2D eigenvalue weighted by Gasteiger charge is 2.32. The summed E-state index contributed by atoms with van der Waals surface area (Å²) in [5.41, 5.74) is 0. The molecular formula is C13H25N3O. The maximum atomic E-state index is 12.5. The minimum Gasteiger partial charge on any atom is -0.337 e. The topological polar surface area (TPSA) is 35.6 Å². The fourth-order valence-electron chi connectivity index (χ4n) is 3.06. The first-order valence-electron chi connectivity index (χ1n) is 6.80. The van der Waals surface area contributed by atoms with E-state index in [0.717, 1.165) is 39.0 Å². The maximum absolute atomic E-state index is 12.5. The third kappa shape index (κ3) is 2.99. The Bertz CT molecular complexity index is 282. The second-order valence-corrected chi connectivity index (χ2v) is 5.72. The highest BCUT2D eigenvalue weighted by Crippen LogP contribution is 2.21. The first-order chi connectivity index (χ1) is 8.08. The molecule has 2 fully saturated rings. The summed E-state index contributed by atoms with van der Waals surface area (Å²) >= 11 is 0. The van der Waals surface area contributed by atoms with Gasteiger partial charge in [-0.25, -0.2) is 0 Å². The van der Waals surface area contributed by atoms with Gasteiger partial charge in [0.1, 0.15) is 0 Å². The standard InChI is InChI=1S/C13H25N3O/c1-10-8-12(4-5-14-10)13(17)16-7-6-15(3)9-11(16)2/h10-12,14H,4-9H2,1-3H3. The molecule has 1 N–H and O–H groups in total. The lowest BCUT2D eigenvalue weighted by Crippen LogP contribution is -2.55. The number of hydrogen-bond donors (Lipinski definition) is 1. The van der Waals surface area contributed by atoms with Crippen LogP contribution in [0.3, 0.4) is 0 Å². The molecule has 3 unspecified atom stereocenters. The zero-order valence-electron chi connectivity index (χ0n) is 11.3. The Hall–Kier alpha value is -0.610. The van der Waals surface area contributed by atoms with E-state index in [1.807, 2.05) is 0 Å². The summed E-state index contributed by atoms with van der Waals surface area (Å²) in [5, 5.41) is 3.41. The molecule has 2 saturated heterocycles. The lowest BCUT2D eigenvalue weighted by molar-refractivity contribution is -0.141. The van der Waals surface area contributed by atoms with Crippen molar-refractivity contribution in [1.82, 2.24) is 15.1 Å². The van der Waals surface area contributed by atoms with Gasteiger partial charge in [0.15, 0.2) is 0 Å². The molecule has 0 bridgehead atoms. The molecule has 0 spiro atoms. The van der Waals surface area contributed by atoms with E-state index >= 15 is 0 Å². The van der Waals surface area contributed by atoms with Crippen molar-refractivity contribution in [2.75, 3.05) is 33.2 Å². The van der Waals surface area contributed by atoms with Gasteiger partial charge in [-0.2, -0.15) is 0 Å². The highest BCUT2D eigenvalue weighted by molar-refractivity contribution is 5.79. The zero-order chi connectivity index (χ0) is 12.4. The number of amides is 1.